The van der Waals surface area contributed by atoms with Crippen molar-refractivity contribution in [3.05, 3.63) is 57.6 Å². The average molecular weight is 268 g/mol. The van der Waals surface area contributed by atoms with Gasteiger partial charge in [0.1, 0.15) is 11.5 Å². The summed E-state index contributed by atoms with van der Waals surface area (Å²) in [5.41, 5.74) is 1.36. The van der Waals surface area contributed by atoms with Crippen molar-refractivity contribution in [3.63, 3.8) is 0 Å². The molecule has 0 unspecified atom stereocenters. The Labute approximate surface area is 115 Å². The van der Waals surface area contributed by atoms with Crippen LogP contribution in [0.3, 0.4) is 0 Å². The number of hydrogen-bond acceptors (Lipinski definition) is 4. The van der Waals surface area contributed by atoms with Gasteiger partial charge < -0.3 is 10.2 Å². The second-order valence-electron chi connectivity index (χ2n) is 4.97. The smallest absolute Gasteiger partial charge is 0.198 e. The number of ketones is 2. The van der Waals surface area contributed by atoms with Crippen LogP contribution in [0.2, 0.25) is 0 Å². The molecule has 4 heteroatoms. The van der Waals surface area contributed by atoms with Crippen LogP contribution in [0.5, 0.6) is 11.5 Å². The van der Waals surface area contributed by atoms with E-state index in [1.54, 1.807) is 26.0 Å². The number of fused-ring (bicyclic) bond motifs is 2. The third-order valence-electron chi connectivity index (χ3n) is 3.70. The molecular formula is C16H12O4. The number of hydrogen-bond donors (Lipinski definition) is 2. The third kappa shape index (κ3) is 1.42. The first kappa shape index (κ1) is 12.4. The quantitative estimate of drug-likeness (QED) is 0.657. The van der Waals surface area contributed by atoms with E-state index in [4.69, 9.17) is 0 Å². The van der Waals surface area contributed by atoms with Crippen LogP contribution in [0, 0.1) is 13.8 Å². The molecular weight excluding hydrogens is 256 g/mol. The van der Waals surface area contributed by atoms with Crippen LogP contribution < -0.4 is 0 Å². The summed E-state index contributed by atoms with van der Waals surface area (Å²) in [4.78, 5) is 24.9. The molecule has 0 saturated heterocycles. The van der Waals surface area contributed by atoms with Gasteiger partial charge in [0, 0.05) is 11.1 Å². The van der Waals surface area contributed by atoms with Crippen LogP contribution >= 0.6 is 0 Å². The molecule has 0 saturated carbocycles. The van der Waals surface area contributed by atoms with Gasteiger partial charge in [-0.2, -0.15) is 0 Å². The Bertz CT molecular complexity index is 720. The Kier molecular flexibility index (Phi) is 2.44. The van der Waals surface area contributed by atoms with Gasteiger partial charge in [-0.3, -0.25) is 9.59 Å². The molecule has 3 rings (SSSR count). The summed E-state index contributed by atoms with van der Waals surface area (Å²) in [6.45, 7) is 3.32. The molecule has 2 aromatic carbocycles. The molecule has 0 aromatic heterocycles. The van der Waals surface area contributed by atoms with E-state index in [-0.39, 0.29) is 33.8 Å². The van der Waals surface area contributed by atoms with Gasteiger partial charge in [-0.05, 0) is 37.1 Å². The fourth-order valence-electron chi connectivity index (χ4n) is 2.50. The number of phenolic OH excluding ortho intramolecular Hbond substituents is 2. The molecule has 0 fully saturated rings. The predicted molar refractivity (Wildman–Crippen MR) is 72.6 cm³/mol. The Balaban J connectivity index is 2.40. The van der Waals surface area contributed by atoms with Crippen LogP contribution in [-0.2, 0) is 0 Å². The van der Waals surface area contributed by atoms with Crippen LogP contribution in [0.25, 0.3) is 0 Å². The maximum atomic E-state index is 12.5. The van der Waals surface area contributed by atoms with Crippen molar-refractivity contribution in [2.75, 3.05) is 0 Å². The van der Waals surface area contributed by atoms with Gasteiger partial charge in [0.2, 0.25) is 0 Å². The lowest BCUT2D eigenvalue weighted by atomic mass is 9.81. The minimum absolute atomic E-state index is 0.0192. The average Bonchev–Trinajstić information content (AvgIpc) is 2.42. The number of carbonyl (C=O) groups excluding carboxylic acids is 2. The highest BCUT2D eigenvalue weighted by atomic mass is 16.3. The van der Waals surface area contributed by atoms with E-state index in [0.717, 1.165) is 0 Å². The largest absolute Gasteiger partial charge is 0.507 e. The summed E-state index contributed by atoms with van der Waals surface area (Å²) < 4.78 is 0. The summed E-state index contributed by atoms with van der Waals surface area (Å²) in [6.07, 6.45) is 0. The highest BCUT2D eigenvalue weighted by molar-refractivity contribution is 6.30. The summed E-state index contributed by atoms with van der Waals surface area (Å²) >= 11 is 0. The van der Waals surface area contributed by atoms with E-state index in [9.17, 15) is 19.8 Å². The zero-order chi connectivity index (χ0) is 14.6. The van der Waals surface area contributed by atoms with Gasteiger partial charge in [-0.1, -0.05) is 12.1 Å². The van der Waals surface area contributed by atoms with E-state index in [0.29, 0.717) is 11.1 Å². The standard InChI is InChI=1S/C16H12O4/c1-7-3-5-9-11(13(7)17)15(19)10-6-4-8(2)14(18)12(10)16(9)20/h3-6,17-18H,1-2H3. The van der Waals surface area contributed by atoms with E-state index in [2.05, 4.69) is 0 Å². The molecule has 0 spiro atoms. The van der Waals surface area contributed by atoms with Gasteiger partial charge in [-0.15, -0.1) is 0 Å². The third-order valence-corrected chi connectivity index (χ3v) is 3.70. The molecule has 0 heterocycles. The minimum atomic E-state index is -0.439. The van der Waals surface area contributed by atoms with Crippen molar-refractivity contribution in [1.82, 2.24) is 0 Å². The Hall–Kier alpha value is -2.62. The second kappa shape index (κ2) is 3.93. The number of rotatable bonds is 0. The van der Waals surface area contributed by atoms with Gasteiger partial charge in [0.25, 0.3) is 0 Å². The van der Waals surface area contributed by atoms with Crippen molar-refractivity contribution < 1.29 is 19.8 Å². The van der Waals surface area contributed by atoms with Crippen LogP contribution in [-0.4, -0.2) is 21.8 Å². The zero-order valence-electron chi connectivity index (χ0n) is 11.0. The Morgan fingerprint density at radius 2 is 1.05 bits per heavy atom. The van der Waals surface area contributed by atoms with Crippen molar-refractivity contribution in [2.24, 2.45) is 0 Å². The molecule has 1 aliphatic carbocycles. The van der Waals surface area contributed by atoms with E-state index >= 15 is 0 Å². The predicted octanol–water partition coefficient (Wildman–Crippen LogP) is 2.49. The van der Waals surface area contributed by atoms with E-state index in [1.807, 2.05) is 0 Å². The first-order valence-corrected chi connectivity index (χ1v) is 6.18. The normalized spacial score (nSPS) is 13.1. The maximum absolute atomic E-state index is 12.5. The molecule has 0 radical (unpaired) electrons. The SMILES string of the molecule is Cc1ccc2c(c1O)C(=O)c1ccc(C)c(O)c1C2=O. The zero-order valence-corrected chi connectivity index (χ0v) is 11.0. The first-order valence-electron chi connectivity index (χ1n) is 6.18. The fraction of sp³-hybridized carbons (Fsp3) is 0.125. The highest BCUT2D eigenvalue weighted by Gasteiger charge is 2.34. The number of aryl methyl sites for hydroxylation is 2. The molecule has 2 aromatic rings. The lowest BCUT2D eigenvalue weighted by molar-refractivity contribution is 0.0974. The monoisotopic (exact) mass is 268 g/mol. The van der Waals surface area contributed by atoms with Crippen molar-refractivity contribution >= 4 is 11.6 Å². The molecule has 4 nitrogen and oxygen atoms in total. The number of aromatic hydroxyl groups is 2. The summed E-state index contributed by atoms with van der Waals surface area (Å²) in [5.74, 6) is -1.23. The van der Waals surface area contributed by atoms with Gasteiger partial charge in [0.15, 0.2) is 11.6 Å². The van der Waals surface area contributed by atoms with Gasteiger partial charge in [-0.25, -0.2) is 0 Å². The topological polar surface area (TPSA) is 74.6 Å². The molecule has 0 amide bonds. The van der Waals surface area contributed by atoms with Gasteiger partial charge >= 0.3 is 0 Å². The number of carbonyl (C=O) groups is 2. The van der Waals surface area contributed by atoms with E-state index in [1.165, 1.54) is 12.1 Å². The summed E-state index contributed by atoms with van der Waals surface area (Å²) in [6, 6.07) is 6.18. The Morgan fingerprint density at radius 1 is 0.700 bits per heavy atom. The summed E-state index contributed by atoms with van der Waals surface area (Å²) in [5, 5.41) is 20.1. The summed E-state index contributed by atoms with van der Waals surface area (Å²) in [7, 11) is 0. The highest BCUT2D eigenvalue weighted by Crippen LogP contribution is 2.38. The van der Waals surface area contributed by atoms with Crippen LogP contribution in [0.4, 0.5) is 0 Å². The molecule has 0 atom stereocenters. The fourth-order valence-corrected chi connectivity index (χ4v) is 2.50. The molecule has 1 aliphatic rings. The second-order valence-corrected chi connectivity index (χ2v) is 4.97. The lowest BCUT2D eigenvalue weighted by Gasteiger charge is -2.20. The van der Waals surface area contributed by atoms with Crippen LogP contribution in [0.15, 0.2) is 24.3 Å². The lowest BCUT2D eigenvalue weighted by Crippen LogP contribution is -2.21. The van der Waals surface area contributed by atoms with Crippen molar-refractivity contribution in [2.45, 2.75) is 13.8 Å². The molecule has 100 valence electrons. The molecule has 0 bridgehead atoms. The minimum Gasteiger partial charge on any atom is -0.507 e. The Morgan fingerprint density at radius 3 is 1.40 bits per heavy atom. The van der Waals surface area contributed by atoms with E-state index < -0.39 is 11.6 Å². The van der Waals surface area contributed by atoms with Crippen molar-refractivity contribution in [1.29, 1.82) is 0 Å². The van der Waals surface area contributed by atoms with Crippen LogP contribution in [0.1, 0.15) is 43.0 Å². The van der Waals surface area contributed by atoms with Gasteiger partial charge in [0.05, 0.1) is 11.1 Å². The number of phenols is 2. The molecule has 2 N–H and O–H groups in total. The number of benzene rings is 2. The molecule has 0 aliphatic heterocycles. The molecule has 20 heavy (non-hydrogen) atoms. The first-order chi connectivity index (χ1) is 9.43. The van der Waals surface area contributed by atoms with Crippen molar-refractivity contribution in [3.8, 4) is 11.5 Å². The maximum Gasteiger partial charge on any atom is 0.198 e.